The van der Waals surface area contributed by atoms with Gasteiger partial charge in [-0.05, 0) is 23.8 Å². The van der Waals surface area contributed by atoms with E-state index < -0.39 is 24.3 Å². The second-order valence-corrected chi connectivity index (χ2v) is 6.88. The molecule has 0 aliphatic carbocycles. The van der Waals surface area contributed by atoms with E-state index in [0.717, 1.165) is 0 Å². The van der Waals surface area contributed by atoms with E-state index in [2.05, 4.69) is 15.3 Å². The third kappa shape index (κ3) is 6.16. The zero-order chi connectivity index (χ0) is 22.9. The summed E-state index contributed by atoms with van der Waals surface area (Å²) in [6, 6.07) is 4.67. The summed E-state index contributed by atoms with van der Waals surface area (Å²) in [5.74, 6) is -1.38. The summed E-state index contributed by atoms with van der Waals surface area (Å²) >= 11 is 0. The monoisotopic (exact) mass is 440 g/mol. The van der Waals surface area contributed by atoms with Crippen LogP contribution >= 0.6 is 0 Å². The number of phenolic OH excluding ortho intramolecular Hbond substituents is 1. The maximum Gasteiger partial charge on any atom is 0.343 e. The van der Waals surface area contributed by atoms with E-state index in [1.54, 1.807) is 42.5 Å². The van der Waals surface area contributed by atoms with Gasteiger partial charge in [-0.15, -0.1) is 0 Å². The van der Waals surface area contributed by atoms with Gasteiger partial charge in [-0.2, -0.15) is 0 Å². The van der Waals surface area contributed by atoms with Gasteiger partial charge in [0.1, 0.15) is 42.8 Å². The zero-order valence-electron chi connectivity index (χ0n) is 17.3. The van der Waals surface area contributed by atoms with Crippen molar-refractivity contribution in [1.82, 2.24) is 5.32 Å². The minimum Gasteiger partial charge on any atom is -0.507 e. The number of hydrogen-bond acceptors (Lipinski definition) is 8. The number of amides is 1. The van der Waals surface area contributed by atoms with E-state index in [1.807, 2.05) is 0 Å². The van der Waals surface area contributed by atoms with Crippen molar-refractivity contribution in [2.45, 2.75) is 24.4 Å². The van der Waals surface area contributed by atoms with Crippen molar-refractivity contribution in [2.75, 3.05) is 13.7 Å². The first-order valence-corrected chi connectivity index (χ1v) is 9.90. The zero-order valence-corrected chi connectivity index (χ0v) is 17.3. The molecule has 168 valence electrons. The van der Waals surface area contributed by atoms with Crippen LogP contribution in [0.5, 0.6) is 5.75 Å². The number of oxime groups is 1. The second kappa shape index (κ2) is 11.1. The van der Waals surface area contributed by atoms with Crippen LogP contribution in [-0.2, 0) is 19.1 Å². The Morgan fingerprint density at radius 3 is 3.00 bits per heavy atom. The molecule has 3 rings (SSSR count). The maximum absolute atomic E-state index is 12.8. The highest BCUT2D eigenvalue weighted by molar-refractivity contribution is 5.96. The van der Waals surface area contributed by atoms with Crippen LogP contribution in [0.1, 0.15) is 15.9 Å². The van der Waals surface area contributed by atoms with Crippen molar-refractivity contribution < 1.29 is 34.1 Å². The fourth-order valence-electron chi connectivity index (χ4n) is 3.06. The van der Waals surface area contributed by atoms with Crippen LogP contribution in [0.3, 0.4) is 0 Å². The van der Waals surface area contributed by atoms with Crippen LogP contribution in [0.2, 0.25) is 0 Å². The lowest BCUT2D eigenvalue weighted by Gasteiger charge is -2.20. The molecule has 0 saturated carbocycles. The van der Waals surface area contributed by atoms with Crippen LogP contribution in [0, 0.1) is 0 Å². The van der Waals surface area contributed by atoms with Crippen molar-refractivity contribution in [1.29, 1.82) is 0 Å². The first-order valence-electron chi connectivity index (χ1n) is 9.90. The number of carbonyl (C=O) groups excluding carboxylic acids is 2. The van der Waals surface area contributed by atoms with E-state index in [9.17, 15) is 19.8 Å². The normalized spacial score (nSPS) is 25.1. The molecule has 1 saturated heterocycles. The number of aliphatic hydroxyl groups excluding tert-OH is 1. The maximum atomic E-state index is 12.8. The van der Waals surface area contributed by atoms with Gasteiger partial charge in [0.25, 0.3) is 0 Å². The van der Waals surface area contributed by atoms with Crippen molar-refractivity contribution >= 4 is 24.2 Å². The minimum absolute atomic E-state index is 0.00671. The number of allylic oxidation sites excluding steroid dienone is 3. The predicted octanol–water partition coefficient (Wildman–Crippen LogP) is 1.49. The van der Waals surface area contributed by atoms with Gasteiger partial charge in [-0.3, -0.25) is 4.79 Å². The third-order valence-corrected chi connectivity index (χ3v) is 4.66. The number of cyclic esters (lactones) is 1. The number of phenols is 1. The lowest BCUT2D eigenvalue weighted by molar-refractivity contribution is -0.116. The Hall–Kier alpha value is -3.69. The number of hydrogen-bond donors (Lipinski definition) is 3. The number of benzene rings is 1. The fraction of sp³-hybridized carbons (Fsp3) is 0.261. The molecule has 3 N–H and O–H groups in total. The lowest BCUT2D eigenvalue weighted by atomic mass is 10.0. The number of nitrogens with one attached hydrogen (secondary N) is 1. The summed E-state index contributed by atoms with van der Waals surface area (Å²) in [7, 11) is 1.39. The highest BCUT2D eigenvalue weighted by Crippen LogP contribution is 2.31. The highest BCUT2D eigenvalue weighted by Gasteiger charge is 2.46. The van der Waals surface area contributed by atoms with Gasteiger partial charge in [-0.1, -0.05) is 47.7 Å². The molecule has 0 aromatic heterocycles. The number of epoxide rings is 1. The van der Waals surface area contributed by atoms with Gasteiger partial charge in [-0.25, -0.2) is 4.79 Å². The number of ether oxygens (including phenoxy) is 2. The number of esters is 1. The van der Waals surface area contributed by atoms with Gasteiger partial charge in [0.2, 0.25) is 5.91 Å². The van der Waals surface area contributed by atoms with Crippen molar-refractivity contribution in [2.24, 2.45) is 5.16 Å². The summed E-state index contributed by atoms with van der Waals surface area (Å²) in [6.45, 7) is 0.130. The largest absolute Gasteiger partial charge is 0.507 e. The number of aliphatic hydroxyl groups is 1. The van der Waals surface area contributed by atoms with Crippen molar-refractivity contribution in [3.05, 3.63) is 71.9 Å². The van der Waals surface area contributed by atoms with Crippen LogP contribution in [0.15, 0.2) is 65.9 Å². The molecule has 0 bridgehead atoms. The molecule has 32 heavy (non-hydrogen) atoms. The number of aromatic hydroxyl groups is 1. The Kier molecular flexibility index (Phi) is 7.96. The van der Waals surface area contributed by atoms with Crippen LogP contribution in [0.25, 0.3) is 6.08 Å². The van der Waals surface area contributed by atoms with Gasteiger partial charge in [0.05, 0.1) is 6.21 Å². The van der Waals surface area contributed by atoms with Crippen LogP contribution in [-0.4, -0.2) is 66.4 Å². The van der Waals surface area contributed by atoms with Gasteiger partial charge < -0.3 is 29.8 Å². The molecule has 2 aliphatic rings. The van der Waals surface area contributed by atoms with Gasteiger partial charge in [0, 0.05) is 12.6 Å². The molecule has 0 spiro atoms. The third-order valence-electron chi connectivity index (χ3n) is 4.66. The fourth-order valence-corrected chi connectivity index (χ4v) is 3.06. The molecule has 1 fully saturated rings. The Morgan fingerprint density at radius 1 is 1.34 bits per heavy atom. The van der Waals surface area contributed by atoms with Crippen LogP contribution in [0.4, 0.5) is 0 Å². The summed E-state index contributed by atoms with van der Waals surface area (Å²) in [5, 5.41) is 27.0. The van der Waals surface area contributed by atoms with Crippen molar-refractivity contribution in [3.63, 3.8) is 0 Å². The molecule has 1 aromatic carbocycles. The van der Waals surface area contributed by atoms with Crippen molar-refractivity contribution in [3.8, 4) is 5.75 Å². The summed E-state index contributed by atoms with van der Waals surface area (Å²) in [5.41, 5.74) is 0.467. The average molecular weight is 440 g/mol. The smallest absolute Gasteiger partial charge is 0.343 e. The minimum atomic E-state index is -1.14. The topological polar surface area (TPSA) is 130 Å². The summed E-state index contributed by atoms with van der Waals surface area (Å²) < 4.78 is 11.0. The standard InChI is InChI=1S/C23H24N2O7/c1-30-25-14-6-12-19(27)24-13-5-11-17-21(28)22-18(31-22)10-3-2-7-15-8-4-9-16(26)20(15)23(29)32-17/h2-12,14,17-18,21-22,26,28H,13H2,1H3,(H,24,27)/t17-,18+,21+,22+/m0/s1. The number of nitrogens with zero attached hydrogens (tertiary/aromatic N) is 1. The Bertz CT molecular complexity index is 981. The van der Waals surface area contributed by atoms with E-state index in [-0.39, 0.29) is 29.9 Å². The second-order valence-electron chi connectivity index (χ2n) is 6.88. The summed E-state index contributed by atoms with van der Waals surface area (Å²) in [4.78, 5) is 29.0. The number of carbonyl (C=O) groups is 2. The SMILES string of the molecule is CON=CC=CC(=O)NCC=C[C@@H]1OC(=O)c2c(O)cccc2C=CC=C[C@H]2O[C@H]2[C@@H]1O. The first kappa shape index (κ1) is 23.0. The Labute approximate surface area is 185 Å². The Morgan fingerprint density at radius 2 is 2.19 bits per heavy atom. The molecule has 2 heterocycles. The molecule has 1 aromatic rings. The van der Waals surface area contributed by atoms with Gasteiger partial charge in [0.15, 0.2) is 0 Å². The van der Waals surface area contributed by atoms with Gasteiger partial charge >= 0.3 is 5.97 Å². The molecule has 0 unspecified atom stereocenters. The molecular formula is C23H24N2O7. The molecule has 1 amide bonds. The van der Waals surface area contributed by atoms with E-state index >= 15 is 0 Å². The van der Waals surface area contributed by atoms with E-state index in [0.29, 0.717) is 5.56 Å². The molecule has 0 radical (unpaired) electrons. The molecule has 9 heteroatoms. The quantitative estimate of drug-likeness (QED) is 0.153. The molecule has 2 aliphatic heterocycles. The molecule has 9 nitrogen and oxygen atoms in total. The van der Waals surface area contributed by atoms with Crippen LogP contribution < -0.4 is 5.32 Å². The Balaban J connectivity index is 1.73. The van der Waals surface area contributed by atoms with E-state index in [1.165, 1.54) is 37.6 Å². The number of rotatable bonds is 6. The average Bonchev–Trinajstić information content (AvgIpc) is 3.54. The first-order chi connectivity index (χ1) is 15.5. The van der Waals surface area contributed by atoms with E-state index in [4.69, 9.17) is 9.47 Å². The predicted molar refractivity (Wildman–Crippen MR) is 117 cm³/mol. The molecular weight excluding hydrogens is 416 g/mol. The highest BCUT2D eigenvalue weighted by atomic mass is 16.6. The summed E-state index contributed by atoms with van der Waals surface area (Å²) in [6.07, 6.45) is 10.9. The number of fused-ring (bicyclic) bond motifs is 2. The lowest BCUT2D eigenvalue weighted by Crippen LogP contribution is -2.35. The molecule has 4 atom stereocenters.